The number of unbranched alkanes of at least 4 members (excludes halogenated alkanes) is 1. The van der Waals surface area contributed by atoms with Gasteiger partial charge in [-0.2, -0.15) is 0 Å². The summed E-state index contributed by atoms with van der Waals surface area (Å²) in [4.78, 5) is 12.2. The van der Waals surface area contributed by atoms with E-state index in [1.807, 2.05) is 36.4 Å². The Morgan fingerprint density at radius 1 is 0.970 bits per heavy atom. The number of para-hydroxylation sites is 1. The van der Waals surface area contributed by atoms with Crippen molar-refractivity contribution in [1.82, 2.24) is 4.72 Å². The second-order valence-electron chi connectivity index (χ2n) is 7.35. The first kappa shape index (κ1) is 24.3. The van der Waals surface area contributed by atoms with Crippen molar-refractivity contribution >= 4 is 21.7 Å². The fourth-order valence-electron chi connectivity index (χ4n) is 3.13. The van der Waals surface area contributed by atoms with E-state index in [1.54, 1.807) is 30.3 Å². The first-order valence-electron chi connectivity index (χ1n) is 10.7. The molecule has 0 aliphatic heterocycles. The highest BCUT2D eigenvalue weighted by Gasteiger charge is 2.26. The van der Waals surface area contributed by atoms with E-state index in [4.69, 9.17) is 9.47 Å². The Balaban J connectivity index is 2.08. The van der Waals surface area contributed by atoms with Crippen LogP contribution in [0.5, 0.6) is 11.5 Å². The number of benzene rings is 3. The molecule has 0 atom stereocenters. The maximum atomic E-state index is 13.4. The van der Waals surface area contributed by atoms with Crippen LogP contribution in [0.1, 0.15) is 35.7 Å². The molecule has 3 rings (SSSR count). The zero-order valence-corrected chi connectivity index (χ0v) is 19.5. The van der Waals surface area contributed by atoms with Crippen molar-refractivity contribution in [1.29, 1.82) is 0 Å². The molecule has 33 heavy (non-hydrogen) atoms. The molecule has 0 aliphatic rings. The van der Waals surface area contributed by atoms with E-state index in [0.717, 1.165) is 18.4 Å². The highest BCUT2D eigenvalue weighted by atomic mass is 32.2. The summed E-state index contributed by atoms with van der Waals surface area (Å²) in [6, 6.07) is 20.9. The zero-order chi connectivity index (χ0) is 23.7. The number of carbonyl (C=O) groups is 1. The van der Waals surface area contributed by atoms with Gasteiger partial charge in [0.15, 0.2) is 5.75 Å². The van der Waals surface area contributed by atoms with E-state index in [-0.39, 0.29) is 22.8 Å². The van der Waals surface area contributed by atoms with Gasteiger partial charge >= 0.3 is 5.97 Å². The lowest BCUT2D eigenvalue weighted by Crippen LogP contribution is -2.24. The van der Waals surface area contributed by atoms with Gasteiger partial charge in [0.25, 0.3) is 0 Å². The molecule has 2 N–H and O–H groups in total. The maximum absolute atomic E-state index is 13.4. The summed E-state index contributed by atoms with van der Waals surface area (Å²) in [5.41, 5.74) is 1.31. The van der Waals surface area contributed by atoms with E-state index < -0.39 is 16.0 Å². The van der Waals surface area contributed by atoms with Crippen LogP contribution in [0.3, 0.4) is 0 Å². The molecule has 8 heteroatoms. The number of sulfonamides is 1. The molecule has 0 spiro atoms. The molecule has 0 unspecified atom stereocenters. The standard InChI is InChI=1S/C25H28N2O5S/c1-3-4-15-26-22-16-20(25(28)31-2)17-23(24(22)32-21-13-9-6-10-14-21)33(29,30)27-18-19-11-7-5-8-12-19/h5-14,16-17,26-27H,3-4,15,18H2,1-2H3. The summed E-state index contributed by atoms with van der Waals surface area (Å²) in [5.74, 6) is -0.0498. The summed E-state index contributed by atoms with van der Waals surface area (Å²) < 4.78 is 40.3. The fraction of sp³-hybridized carbons (Fsp3) is 0.240. The zero-order valence-electron chi connectivity index (χ0n) is 18.7. The van der Waals surface area contributed by atoms with Crippen LogP contribution in [0.2, 0.25) is 0 Å². The molecule has 7 nitrogen and oxygen atoms in total. The molecular weight excluding hydrogens is 440 g/mol. The Hall–Kier alpha value is -3.36. The summed E-state index contributed by atoms with van der Waals surface area (Å²) in [6.45, 7) is 2.73. The molecule has 0 radical (unpaired) electrons. The van der Waals surface area contributed by atoms with Gasteiger partial charge in [-0.05, 0) is 36.2 Å². The van der Waals surface area contributed by atoms with Crippen molar-refractivity contribution in [3.8, 4) is 11.5 Å². The van der Waals surface area contributed by atoms with Crippen LogP contribution in [0, 0.1) is 0 Å². The van der Waals surface area contributed by atoms with Crippen molar-refractivity contribution < 1.29 is 22.7 Å². The molecule has 0 aromatic heterocycles. The number of nitrogens with one attached hydrogen (secondary N) is 2. The van der Waals surface area contributed by atoms with Crippen molar-refractivity contribution in [3.63, 3.8) is 0 Å². The Morgan fingerprint density at radius 2 is 1.64 bits per heavy atom. The van der Waals surface area contributed by atoms with Gasteiger partial charge in [0.2, 0.25) is 10.0 Å². The van der Waals surface area contributed by atoms with Crippen LogP contribution in [-0.2, 0) is 21.3 Å². The number of rotatable bonds is 11. The lowest BCUT2D eigenvalue weighted by molar-refractivity contribution is 0.0600. The predicted molar refractivity (Wildman–Crippen MR) is 128 cm³/mol. The SMILES string of the molecule is CCCCNc1cc(C(=O)OC)cc(S(=O)(=O)NCc2ccccc2)c1Oc1ccccc1. The van der Waals surface area contributed by atoms with Gasteiger partial charge in [0.1, 0.15) is 10.6 Å². The van der Waals surface area contributed by atoms with Crippen molar-refractivity contribution in [3.05, 3.63) is 83.9 Å². The van der Waals surface area contributed by atoms with Crippen LogP contribution in [0.4, 0.5) is 5.69 Å². The first-order chi connectivity index (χ1) is 15.9. The minimum atomic E-state index is -4.05. The van der Waals surface area contributed by atoms with Crippen LogP contribution >= 0.6 is 0 Å². The molecule has 0 saturated heterocycles. The second kappa shape index (κ2) is 11.5. The fourth-order valence-corrected chi connectivity index (χ4v) is 4.32. The average molecular weight is 469 g/mol. The number of hydrogen-bond donors (Lipinski definition) is 2. The van der Waals surface area contributed by atoms with Gasteiger partial charge in [-0.1, -0.05) is 61.9 Å². The third kappa shape index (κ3) is 6.57. The molecule has 0 heterocycles. The van der Waals surface area contributed by atoms with E-state index >= 15 is 0 Å². The molecule has 0 saturated carbocycles. The Morgan fingerprint density at radius 3 is 2.27 bits per heavy atom. The van der Waals surface area contributed by atoms with Gasteiger partial charge < -0.3 is 14.8 Å². The van der Waals surface area contributed by atoms with Gasteiger partial charge in [-0.25, -0.2) is 17.9 Å². The monoisotopic (exact) mass is 468 g/mol. The minimum Gasteiger partial charge on any atom is -0.465 e. The number of ether oxygens (including phenoxy) is 2. The van der Waals surface area contributed by atoms with E-state index in [0.29, 0.717) is 18.0 Å². The second-order valence-corrected chi connectivity index (χ2v) is 9.08. The summed E-state index contributed by atoms with van der Waals surface area (Å²) in [5, 5.41) is 3.22. The van der Waals surface area contributed by atoms with Crippen LogP contribution in [-0.4, -0.2) is 28.0 Å². The smallest absolute Gasteiger partial charge is 0.337 e. The number of carbonyl (C=O) groups excluding carboxylic acids is 1. The molecule has 174 valence electrons. The van der Waals surface area contributed by atoms with Crippen molar-refractivity contribution in [2.24, 2.45) is 0 Å². The Kier molecular flexibility index (Phi) is 8.46. The normalized spacial score (nSPS) is 11.1. The molecule has 3 aromatic carbocycles. The van der Waals surface area contributed by atoms with Crippen molar-refractivity contribution in [2.45, 2.75) is 31.2 Å². The minimum absolute atomic E-state index is 0.0923. The van der Waals surface area contributed by atoms with Gasteiger partial charge in [-0.15, -0.1) is 0 Å². The lowest BCUT2D eigenvalue weighted by Gasteiger charge is -2.19. The largest absolute Gasteiger partial charge is 0.465 e. The van der Waals surface area contributed by atoms with Crippen LogP contribution < -0.4 is 14.8 Å². The predicted octanol–water partition coefficient (Wildman–Crippen LogP) is 4.96. The molecule has 0 fully saturated rings. The van der Waals surface area contributed by atoms with Gasteiger partial charge in [-0.3, -0.25) is 0 Å². The average Bonchev–Trinajstić information content (AvgIpc) is 2.84. The highest BCUT2D eigenvalue weighted by molar-refractivity contribution is 7.89. The lowest BCUT2D eigenvalue weighted by atomic mass is 10.1. The Labute approximate surface area is 194 Å². The highest BCUT2D eigenvalue weighted by Crippen LogP contribution is 2.38. The van der Waals surface area contributed by atoms with Crippen LogP contribution in [0.15, 0.2) is 77.7 Å². The quantitative estimate of drug-likeness (QED) is 0.305. The Bertz CT molecular complexity index is 1170. The summed E-state index contributed by atoms with van der Waals surface area (Å²) in [7, 11) is -2.80. The third-order valence-corrected chi connectivity index (χ3v) is 6.29. The number of methoxy groups -OCH3 is 1. The third-order valence-electron chi connectivity index (χ3n) is 4.88. The van der Waals surface area contributed by atoms with E-state index in [1.165, 1.54) is 13.2 Å². The molecular formula is C25H28N2O5S. The van der Waals surface area contributed by atoms with Crippen molar-refractivity contribution in [2.75, 3.05) is 19.0 Å². The van der Waals surface area contributed by atoms with E-state index in [9.17, 15) is 13.2 Å². The first-order valence-corrected chi connectivity index (χ1v) is 12.2. The molecule has 0 amide bonds. The number of anilines is 1. The number of esters is 1. The number of hydrogen-bond acceptors (Lipinski definition) is 6. The molecule has 0 bridgehead atoms. The topological polar surface area (TPSA) is 93.7 Å². The maximum Gasteiger partial charge on any atom is 0.337 e. The van der Waals surface area contributed by atoms with E-state index in [2.05, 4.69) is 17.0 Å². The summed E-state index contributed by atoms with van der Waals surface area (Å²) >= 11 is 0. The molecule has 3 aromatic rings. The summed E-state index contributed by atoms with van der Waals surface area (Å²) in [6.07, 6.45) is 1.81. The van der Waals surface area contributed by atoms with Crippen LogP contribution in [0.25, 0.3) is 0 Å². The molecule has 0 aliphatic carbocycles. The van der Waals surface area contributed by atoms with Gasteiger partial charge in [0, 0.05) is 13.1 Å². The van der Waals surface area contributed by atoms with Gasteiger partial charge in [0.05, 0.1) is 18.4 Å².